The van der Waals surface area contributed by atoms with Crippen LogP contribution in [-0.2, 0) is 6.42 Å². The van der Waals surface area contributed by atoms with Gasteiger partial charge >= 0.3 is 0 Å². The van der Waals surface area contributed by atoms with Crippen LogP contribution in [-0.4, -0.2) is 29.1 Å². The maximum absolute atomic E-state index is 9.56. The van der Waals surface area contributed by atoms with E-state index in [1.165, 1.54) is 7.05 Å². The van der Waals surface area contributed by atoms with Gasteiger partial charge in [-0.3, -0.25) is 0 Å². The highest BCUT2D eigenvalue weighted by Gasteiger charge is 2.26. The number of thiol groups is 1. The van der Waals surface area contributed by atoms with Crippen LogP contribution in [0, 0.1) is 11.3 Å². The molecule has 1 aliphatic rings. The van der Waals surface area contributed by atoms with Crippen LogP contribution in [0.5, 0.6) is 23.0 Å². The molecule has 1 saturated carbocycles. The van der Waals surface area contributed by atoms with E-state index >= 15 is 0 Å². The fourth-order valence-corrected chi connectivity index (χ4v) is 3.27. The van der Waals surface area contributed by atoms with Gasteiger partial charge in [-0.15, -0.1) is 0 Å². The van der Waals surface area contributed by atoms with Crippen LogP contribution in [0.25, 0.3) is 0 Å². The highest BCUT2D eigenvalue weighted by Crippen LogP contribution is 2.36. The third kappa shape index (κ3) is 7.38. The predicted octanol–water partition coefficient (Wildman–Crippen LogP) is 5.31. The number of nitriles is 1. The third-order valence-electron chi connectivity index (χ3n) is 4.77. The summed E-state index contributed by atoms with van der Waals surface area (Å²) in [4.78, 5) is 0. The summed E-state index contributed by atoms with van der Waals surface area (Å²) >= 11 is 3.94. The third-order valence-corrected chi connectivity index (χ3v) is 4.87. The summed E-state index contributed by atoms with van der Waals surface area (Å²) in [6, 6.07) is 13.2. The molecule has 3 rings (SSSR count). The number of rotatable bonds is 12. The van der Waals surface area contributed by atoms with E-state index in [1.54, 1.807) is 6.07 Å². The normalized spacial score (nSPS) is 14.7. The van der Waals surface area contributed by atoms with Crippen molar-refractivity contribution in [3.63, 3.8) is 0 Å². The minimum Gasteiger partial charge on any atom is -0.494 e. The van der Waals surface area contributed by atoms with E-state index in [0.29, 0.717) is 41.5 Å². The van der Waals surface area contributed by atoms with Gasteiger partial charge in [0.2, 0.25) is 0 Å². The number of allylic oxidation sites excluding steroid dienone is 1. The smallest absolute Gasteiger partial charge is 0.140 e. The average molecular weight is 457 g/mol. The molecule has 1 atom stereocenters. The molecule has 0 aliphatic heterocycles. The summed E-state index contributed by atoms with van der Waals surface area (Å²) in [5, 5.41) is 19.1. The fraction of sp³-hybridized carbons (Fsp3) is 0.375. The molecule has 2 aromatic rings. The molecule has 7 nitrogen and oxygen atoms in total. The lowest BCUT2D eigenvalue weighted by Gasteiger charge is -2.19. The molecule has 0 amide bonds. The first kappa shape index (κ1) is 23.8. The van der Waals surface area contributed by atoms with Crippen molar-refractivity contribution in [1.29, 1.82) is 5.26 Å². The second kappa shape index (κ2) is 10.6. The average Bonchev–Trinajstić information content (AvgIpc) is 3.56. The van der Waals surface area contributed by atoms with Crippen LogP contribution in [0.2, 0.25) is 0 Å². The number of hydrogen-bond donors (Lipinski definition) is 3. The van der Waals surface area contributed by atoms with Crippen molar-refractivity contribution in [3.8, 4) is 29.1 Å². The van der Waals surface area contributed by atoms with Gasteiger partial charge in [-0.25, -0.2) is 0 Å². The SMILES string of the molecule is C=C(CCCOc1ccc(Oc2cc(C#N)c(OC3CC3)c(CC)c2)cc1)N[N+](C)(O)S. The molecule has 0 spiro atoms. The van der Waals surface area contributed by atoms with Gasteiger partial charge in [0.1, 0.15) is 48.9 Å². The second-order valence-corrected chi connectivity index (χ2v) is 8.67. The number of quaternary nitrogens is 1. The van der Waals surface area contributed by atoms with E-state index in [4.69, 9.17) is 14.2 Å². The van der Waals surface area contributed by atoms with Gasteiger partial charge in [0.25, 0.3) is 0 Å². The van der Waals surface area contributed by atoms with Gasteiger partial charge in [-0.05, 0) is 72.2 Å². The summed E-state index contributed by atoms with van der Waals surface area (Å²) in [7, 11) is 1.48. The Bertz CT molecular complexity index is 976. The van der Waals surface area contributed by atoms with E-state index in [2.05, 4.69) is 30.9 Å². The molecule has 0 heterocycles. The first-order valence-corrected chi connectivity index (χ1v) is 11.1. The van der Waals surface area contributed by atoms with Crippen molar-refractivity contribution >= 4 is 12.8 Å². The van der Waals surface area contributed by atoms with Crippen molar-refractivity contribution in [2.24, 2.45) is 0 Å². The van der Waals surface area contributed by atoms with E-state index in [9.17, 15) is 10.5 Å². The first-order valence-electron chi connectivity index (χ1n) is 10.7. The van der Waals surface area contributed by atoms with Crippen LogP contribution in [0.4, 0.5) is 0 Å². The molecule has 0 radical (unpaired) electrons. The van der Waals surface area contributed by atoms with Crippen LogP contribution >= 0.6 is 12.8 Å². The number of hydroxylamine groups is 1. The van der Waals surface area contributed by atoms with Crippen LogP contribution in [0.15, 0.2) is 48.7 Å². The molecule has 2 aromatic carbocycles. The maximum Gasteiger partial charge on any atom is 0.140 e. The number of nitrogens with zero attached hydrogens (tertiary/aromatic N) is 2. The number of ether oxygens (including phenoxy) is 3. The Hall–Kier alpha value is -2.86. The monoisotopic (exact) mass is 456 g/mol. The maximum atomic E-state index is 9.56. The van der Waals surface area contributed by atoms with Crippen molar-refractivity contribution < 1.29 is 23.6 Å². The molecule has 170 valence electrons. The Morgan fingerprint density at radius 1 is 1.25 bits per heavy atom. The molecule has 0 saturated heterocycles. The molecular formula is C24H30N3O4S+. The highest BCUT2D eigenvalue weighted by molar-refractivity contribution is 7.74. The number of aryl methyl sites for hydroxylation is 1. The zero-order chi connectivity index (χ0) is 23.1. The summed E-state index contributed by atoms with van der Waals surface area (Å²) in [6.45, 7) is 6.40. The topological polar surface area (TPSA) is 83.7 Å². The lowest BCUT2D eigenvalue weighted by Crippen LogP contribution is -2.42. The van der Waals surface area contributed by atoms with Gasteiger partial charge in [-0.2, -0.15) is 15.9 Å². The summed E-state index contributed by atoms with van der Waals surface area (Å²) in [5.41, 5.74) is 4.89. The van der Waals surface area contributed by atoms with E-state index in [0.717, 1.165) is 37.0 Å². The lowest BCUT2D eigenvalue weighted by molar-refractivity contribution is -1.01. The van der Waals surface area contributed by atoms with Crippen LogP contribution < -0.4 is 19.6 Å². The molecule has 1 fully saturated rings. The summed E-state index contributed by atoms with van der Waals surface area (Å²) in [5.74, 6) is 2.68. The molecule has 0 aromatic heterocycles. The Labute approximate surface area is 194 Å². The number of nitrogens with one attached hydrogen (secondary N) is 1. The van der Waals surface area contributed by atoms with E-state index in [1.807, 2.05) is 37.3 Å². The van der Waals surface area contributed by atoms with Crippen molar-refractivity contribution in [3.05, 3.63) is 59.8 Å². The van der Waals surface area contributed by atoms with Crippen molar-refractivity contribution in [2.75, 3.05) is 13.7 Å². The van der Waals surface area contributed by atoms with E-state index < -0.39 is 4.16 Å². The molecule has 8 heteroatoms. The zero-order valence-corrected chi connectivity index (χ0v) is 19.4. The van der Waals surface area contributed by atoms with Gasteiger partial charge in [0, 0.05) is 6.07 Å². The van der Waals surface area contributed by atoms with Gasteiger partial charge in [-0.1, -0.05) is 13.5 Å². The molecule has 1 unspecified atom stereocenters. The first-order chi connectivity index (χ1) is 15.3. The van der Waals surface area contributed by atoms with Crippen molar-refractivity contribution in [1.82, 2.24) is 5.43 Å². The Balaban J connectivity index is 1.54. The summed E-state index contributed by atoms with van der Waals surface area (Å²) < 4.78 is 17.0. The van der Waals surface area contributed by atoms with Crippen LogP contribution in [0.1, 0.15) is 43.7 Å². The molecule has 0 bridgehead atoms. The largest absolute Gasteiger partial charge is 0.494 e. The van der Waals surface area contributed by atoms with E-state index in [-0.39, 0.29) is 6.10 Å². The Kier molecular flexibility index (Phi) is 7.91. The van der Waals surface area contributed by atoms with Gasteiger partial charge < -0.3 is 14.2 Å². The van der Waals surface area contributed by atoms with Gasteiger partial charge in [0.15, 0.2) is 0 Å². The molecule has 2 N–H and O–H groups in total. The number of hydrogen-bond acceptors (Lipinski definition) is 7. The van der Waals surface area contributed by atoms with Crippen LogP contribution in [0.3, 0.4) is 0 Å². The number of benzene rings is 2. The molecular weight excluding hydrogens is 426 g/mol. The summed E-state index contributed by atoms with van der Waals surface area (Å²) in [6.07, 6.45) is 4.47. The second-order valence-electron chi connectivity index (χ2n) is 7.90. The lowest BCUT2D eigenvalue weighted by atomic mass is 10.1. The molecule has 1 aliphatic carbocycles. The van der Waals surface area contributed by atoms with Gasteiger partial charge in [0.05, 0.1) is 24.0 Å². The van der Waals surface area contributed by atoms with Crippen molar-refractivity contribution in [2.45, 2.75) is 45.1 Å². The predicted molar refractivity (Wildman–Crippen MR) is 125 cm³/mol. The fourth-order valence-electron chi connectivity index (χ4n) is 3.13. The quantitative estimate of drug-likeness (QED) is 0.174. The minimum absolute atomic E-state index is 0.234. The molecule has 32 heavy (non-hydrogen) atoms. The Morgan fingerprint density at radius 3 is 2.53 bits per heavy atom. The highest BCUT2D eigenvalue weighted by atomic mass is 32.1. The zero-order valence-electron chi connectivity index (χ0n) is 18.5. The standard InChI is InChI=1S/C24H30N3O4S/c1-4-18-14-23(15-19(16-25)24(18)31-22-11-12-22)30-21-9-7-20(8-10-21)29-13-5-6-17(2)26-27(3,28)32/h7-10,14-15,22,26,28,32H,2,4-6,11-13H2,1,3H3/q+1. The Morgan fingerprint density at radius 2 is 1.94 bits per heavy atom. The minimum atomic E-state index is -0.660.